The maximum Gasteiger partial charge on any atom is 0.341 e. The quantitative estimate of drug-likeness (QED) is 0.480. The number of carbonyl (C=O) groups is 1. The Hall–Kier alpha value is -3.46. The summed E-state index contributed by atoms with van der Waals surface area (Å²) in [4.78, 5) is 10.7. The lowest BCUT2D eigenvalue weighted by molar-refractivity contribution is -0.139. The molecule has 0 unspecified atom stereocenters. The Morgan fingerprint density at radius 2 is 1.96 bits per heavy atom. The van der Waals surface area contributed by atoms with E-state index < -0.39 is 12.6 Å². The van der Waals surface area contributed by atoms with E-state index in [2.05, 4.69) is 15.3 Å². The van der Waals surface area contributed by atoms with Gasteiger partial charge in [-0.15, -0.1) is 0 Å². The Balaban J connectivity index is 1.97. The molecule has 3 rings (SSSR count). The van der Waals surface area contributed by atoms with E-state index in [0.717, 1.165) is 5.56 Å². The number of aromatic amines is 1. The van der Waals surface area contributed by atoms with Gasteiger partial charge in [-0.2, -0.15) is 14.9 Å². The first-order valence-corrected chi connectivity index (χ1v) is 8.29. The van der Waals surface area contributed by atoms with Gasteiger partial charge in [-0.1, -0.05) is 24.3 Å². The van der Waals surface area contributed by atoms with Crippen LogP contribution in [0.5, 0.6) is 11.5 Å². The Morgan fingerprint density at radius 3 is 2.70 bits per heavy atom. The zero-order valence-electron chi connectivity index (χ0n) is 14.3. The Bertz CT molecular complexity index is 1040. The number of aliphatic carboxylic acids is 1. The second kappa shape index (κ2) is 8.28. The number of aromatic nitrogens is 3. The van der Waals surface area contributed by atoms with Gasteiger partial charge in [0, 0.05) is 5.56 Å². The highest BCUT2D eigenvalue weighted by atomic mass is 32.1. The molecular formula is C18H16N4O4S. The highest BCUT2D eigenvalue weighted by Crippen LogP contribution is 2.28. The lowest BCUT2D eigenvalue weighted by Gasteiger charge is -2.08. The maximum atomic E-state index is 10.7. The van der Waals surface area contributed by atoms with Crippen molar-refractivity contribution in [2.24, 2.45) is 5.10 Å². The van der Waals surface area contributed by atoms with Crippen LogP contribution in [-0.2, 0) is 4.79 Å². The van der Waals surface area contributed by atoms with Crippen LogP contribution in [0.4, 0.5) is 0 Å². The molecule has 0 aliphatic carbocycles. The standard InChI is InChI=1S/C18H16N4O4S/c1-25-15-9-5-3-7-13(15)17-20-21-18(27)22(17)19-10-12-6-2-4-8-14(12)26-11-16(23)24/h2-10H,11H2,1H3,(H,21,27)(H,23,24)/b19-10-. The van der Waals surface area contributed by atoms with E-state index in [1.54, 1.807) is 31.4 Å². The third kappa shape index (κ3) is 4.21. The minimum Gasteiger partial charge on any atom is -0.496 e. The van der Waals surface area contributed by atoms with Crippen LogP contribution in [0.2, 0.25) is 0 Å². The molecule has 2 N–H and O–H groups in total. The van der Waals surface area contributed by atoms with Crippen molar-refractivity contribution in [1.82, 2.24) is 14.9 Å². The van der Waals surface area contributed by atoms with E-state index in [1.165, 1.54) is 10.9 Å². The van der Waals surface area contributed by atoms with Crippen molar-refractivity contribution < 1.29 is 19.4 Å². The van der Waals surface area contributed by atoms with Crippen LogP contribution in [0.15, 0.2) is 53.6 Å². The number of carboxylic acid groups (broad SMARTS) is 1. The molecule has 8 nitrogen and oxygen atoms in total. The summed E-state index contributed by atoms with van der Waals surface area (Å²) >= 11 is 5.27. The molecule has 0 aliphatic heterocycles. The fourth-order valence-electron chi connectivity index (χ4n) is 2.38. The third-order valence-corrected chi connectivity index (χ3v) is 3.84. The van der Waals surface area contributed by atoms with Gasteiger partial charge in [0.25, 0.3) is 0 Å². The number of benzene rings is 2. The molecule has 0 saturated heterocycles. The molecule has 0 bridgehead atoms. The highest BCUT2D eigenvalue weighted by Gasteiger charge is 2.13. The number of nitrogens with zero attached hydrogens (tertiary/aromatic N) is 3. The molecule has 1 aromatic heterocycles. The van der Waals surface area contributed by atoms with Crippen LogP contribution in [0.3, 0.4) is 0 Å². The predicted octanol–water partition coefficient (Wildman–Crippen LogP) is 2.96. The van der Waals surface area contributed by atoms with E-state index in [-0.39, 0.29) is 0 Å². The Morgan fingerprint density at radius 1 is 1.26 bits per heavy atom. The average molecular weight is 384 g/mol. The molecule has 0 saturated carbocycles. The topological polar surface area (TPSA) is 102 Å². The summed E-state index contributed by atoms with van der Waals surface area (Å²) < 4.78 is 12.4. The minimum atomic E-state index is -1.06. The van der Waals surface area contributed by atoms with E-state index in [0.29, 0.717) is 27.7 Å². The molecular weight excluding hydrogens is 368 g/mol. The van der Waals surface area contributed by atoms with Crippen LogP contribution in [0.1, 0.15) is 5.56 Å². The van der Waals surface area contributed by atoms with Crippen LogP contribution < -0.4 is 9.47 Å². The molecule has 2 aromatic carbocycles. The number of nitrogens with one attached hydrogen (secondary N) is 1. The van der Waals surface area contributed by atoms with E-state index in [9.17, 15) is 4.79 Å². The molecule has 0 radical (unpaired) electrons. The summed E-state index contributed by atoms with van der Waals surface area (Å²) in [6, 6.07) is 14.3. The van der Waals surface area contributed by atoms with Gasteiger partial charge in [-0.05, 0) is 36.5 Å². The Kier molecular flexibility index (Phi) is 5.62. The van der Waals surface area contributed by atoms with Crippen LogP contribution in [0.25, 0.3) is 11.4 Å². The number of ether oxygens (including phenoxy) is 2. The first-order chi connectivity index (χ1) is 13.1. The normalized spacial score (nSPS) is 10.9. The van der Waals surface area contributed by atoms with E-state index in [4.69, 9.17) is 26.8 Å². The van der Waals surface area contributed by atoms with Crippen molar-refractivity contribution in [3.8, 4) is 22.9 Å². The second-order valence-corrected chi connectivity index (χ2v) is 5.72. The first kappa shape index (κ1) is 18.3. The van der Waals surface area contributed by atoms with Gasteiger partial charge in [0.15, 0.2) is 12.4 Å². The summed E-state index contributed by atoms with van der Waals surface area (Å²) in [6.07, 6.45) is 1.53. The van der Waals surface area contributed by atoms with Crippen molar-refractivity contribution in [3.05, 3.63) is 58.9 Å². The number of H-pyrrole nitrogens is 1. The van der Waals surface area contributed by atoms with Crippen molar-refractivity contribution in [2.75, 3.05) is 13.7 Å². The fraction of sp³-hybridized carbons (Fsp3) is 0.111. The van der Waals surface area contributed by atoms with E-state index >= 15 is 0 Å². The summed E-state index contributed by atoms with van der Waals surface area (Å²) in [5.74, 6) is 0.459. The van der Waals surface area contributed by atoms with Crippen molar-refractivity contribution in [3.63, 3.8) is 0 Å². The lowest BCUT2D eigenvalue weighted by Crippen LogP contribution is -2.10. The zero-order chi connectivity index (χ0) is 19.2. The second-order valence-electron chi connectivity index (χ2n) is 5.33. The van der Waals surface area contributed by atoms with Gasteiger partial charge < -0.3 is 14.6 Å². The van der Waals surface area contributed by atoms with Crippen molar-refractivity contribution in [2.45, 2.75) is 0 Å². The lowest BCUT2D eigenvalue weighted by atomic mass is 10.2. The molecule has 0 aliphatic rings. The van der Waals surface area contributed by atoms with Gasteiger partial charge in [-0.3, -0.25) is 0 Å². The number of rotatable bonds is 7. The fourth-order valence-corrected chi connectivity index (χ4v) is 2.56. The van der Waals surface area contributed by atoms with Crippen LogP contribution >= 0.6 is 12.2 Å². The van der Waals surface area contributed by atoms with Gasteiger partial charge in [0.1, 0.15) is 11.5 Å². The molecule has 0 spiro atoms. The van der Waals surface area contributed by atoms with Crippen LogP contribution in [-0.4, -0.2) is 45.9 Å². The molecule has 1 heterocycles. The Labute approximate surface area is 159 Å². The first-order valence-electron chi connectivity index (χ1n) is 7.89. The number of hydrogen-bond acceptors (Lipinski definition) is 6. The number of carboxylic acids is 1. The van der Waals surface area contributed by atoms with Crippen molar-refractivity contribution >= 4 is 24.4 Å². The predicted molar refractivity (Wildman–Crippen MR) is 102 cm³/mol. The molecule has 3 aromatic rings. The number of para-hydroxylation sites is 2. The summed E-state index contributed by atoms with van der Waals surface area (Å²) in [5, 5.41) is 20.1. The van der Waals surface area contributed by atoms with Gasteiger partial charge in [-0.25, -0.2) is 9.89 Å². The minimum absolute atomic E-state index is 0.302. The molecule has 0 amide bonds. The average Bonchev–Trinajstić information content (AvgIpc) is 3.05. The third-order valence-electron chi connectivity index (χ3n) is 3.58. The van der Waals surface area contributed by atoms with Gasteiger partial charge >= 0.3 is 5.97 Å². The van der Waals surface area contributed by atoms with Crippen LogP contribution in [0, 0.1) is 4.77 Å². The van der Waals surface area contributed by atoms with Gasteiger partial charge in [0.2, 0.25) is 4.77 Å². The monoisotopic (exact) mass is 384 g/mol. The molecule has 138 valence electrons. The van der Waals surface area contributed by atoms with E-state index in [1.807, 2.05) is 24.3 Å². The largest absolute Gasteiger partial charge is 0.496 e. The number of hydrogen-bond donors (Lipinski definition) is 2. The molecule has 0 fully saturated rings. The smallest absolute Gasteiger partial charge is 0.341 e. The summed E-state index contributed by atoms with van der Waals surface area (Å²) in [7, 11) is 1.57. The maximum absolute atomic E-state index is 10.7. The molecule has 27 heavy (non-hydrogen) atoms. The number of methoxy groups -OCH3 is 1. The highest BCUT2D eigenvalue weighted by molar-refractivity contribution is 7.71. The summed E-state index contributed by atoms with van der Waals surface area (Å²) in [5.41, 5.74) is 1.33. The molecule has 0 atom stereocenters. The van der Waals surface area contributed by atoms with Gasteiger partial charge in [0.05, 0.1) is 18.9 Å². The SMILES string of the molecule is COc1ccccc1-c1n[nH]c(=S)n1/N=C\c1ccccc1OCC(=O)O. The summed E-state index contributed by atoms with van der Waals surface area (Å²) in [6.45, 7) is -0.442. The van der Waals surface area contributed by atoms with Crippen molar-refractivity contribution in [1.29, 1.82) is 0 Å². The molecule has 9 heteroatoms. The zero-order valence-corrected chi connectivity index (χ0v) is 15.1.